The molecule has 0 unspecified atom stereocenters. The zero-order chi connectivity index (χ0) is 21.7. The highest BCUT2D eigenvalue weighted by Crippen LogP contribution is 2.21. The lowest BCUT2D eigenvalue weighted by Crippen LogP contribution is -2.23. The van der Waals surface area contributed by atoms with Gasteiger partial charge in [0.15, 0.2) is 5.16 Å². The van der Waals surface area contributed by atoms with Gasteiger partial charge < -0.3 is 10.6 Å². The van der Waals surface area contributed by atoms with Crippen LogP contribution >= 0.6 is 23.4 Å². The summed E-state index contributed by atoms with van der Waals surface area (Å²) in [6.07, 6.45) is 1.60. The average Bonchev–Trinajstić information content (AvgIpc) is 2.70. The Bertz CT molecular complexity index is 1180. The summed E-state index contributed by atoms with van der Waals surface area (Å²) in [6.45, 7) is 5.39. The Hall–Kier alpha value is -3.10. The minimum absolute atomic E-state index is 0.0586. The molecule has 0 bridgehead atoms. The van der Waals surface area contributed by atoms with E-state index in [2.05, 4.69) is 22.2 Å². The van der Waals surface area contributed by atoms with E-state index >= 15 is 0 Å². The Balaban J connectivity index is 1.74. The van der Waals surface area contributed by atoms with E-state index in [1.54, 1.807) is 48.5 Å². The highest BCUT2D eigenvalue weighted by atomic mass is 35.5. The van der Waals surface area contributed by atoms with E-state index in [9.17, 15) is 14.4 Å². The number of nitrogens with one attached hydrogen (secondary N) is 2. The molecule has 2 N–H and O–H groups in total. The normalized spacial score (nSPS) is 10.6. The number of rotatable bonds is 7. The lowest BCUT2D eigenvalue weighted by molar-refractivity contribution is -0.114. The first-order chi connectivity index (χ1) is 14.4. The Morgan fingerprint density at radius 3 is 2.47 bits per heavy atom. The standard InChI is InChI=1S/C21H19ClN4O3S/c1-3-10-26-20(29)17-9-4-14(22)11-18(17)25-21(26)30-12-19(28)24-16-7-5-15(6-8-16)23-13(2)27/h3-9,11H,1,10,12H2,2H3,(H,23,27)(H,24,28). The average molecular weight is 443 g/mol. The summed E-state index contributed by atoms with van der Waals surface area (Å²) in [5, 5.41) is 6.78. The number of carbonyl (C=O) groups excluding carboxylic acids is 2. The van der Waals surface area contributed by atoms with Gasteiger partial charge >= 0.3 is 0 Å². The van der Waals surface area contributed by atoms with Crippen LogP contribution in [0.1, 0.15) is 6.92 Å². The number of hydrogen-bond donors (Lipinski definition) is 2. The van der Waals surface area contributed by atoms with Crippen LogP contribution in [0.15, 0.2) is 65.1 Å². The monoisotopic (exact) mass is 442 g/mol. The van der Waals surface area contributed by atoms with Crippen LogP contribution in [0.5, 0.6) is 0 Å². The van der Waals surface area contributed by atoms with Crippen molar-refractivity contribution in [3.05, 3.63) is 70.5 Å². The molecule has 2 amide bonds. The van der Waals surface area contributed by atoms with E-state index in [1.807, 2.05) is 0 Å². The molecule has 3 rings (SSSR count). The molecule has 1 heterocycles. The fourth-order valence-corrected chi connectivity index (χ4v) is 3.72. The van der Waals surface area contributed by atoms with Gasteiger partial charge in [-0.1, -0.05) is 29.4 Å². The third-order valence-corrected chi connectivity index (χ3v) is 5.23. The van der Waals surface area contributed by atoms with Gasteiger partial charge in [-0.25, -0.2) is 4.98 Å². The summed E-state index contributed by atoms with van der Waals surface area (Å²) in [6, 6.07) is 11.7. The number of nitrogens with zero attached hydrogens (tertiary/aromatic N) is 2. The number of aromatic nitrogens is 2. The van der Waals surface area contributed by atoms with Crippen molar-refractivity contribution in [3.8, 4) is 0 Å². The smallest absolute Gasteiger partial charge is 0.262 e. The second-order valence-corrected chi connectivity index (χ2v) is 7.73. The molecule has 7 nitrogen and oxygen atoms in total. The second-order valence-electron chi connectivity index (χ2n) is 6.36. The molecular formula is C21H19ClN4O3S. The quantitative estimate of drug-likeness (QED) is 0.328. The van der Waals surface area contributed by atoms with Gasteiger partial charge in [0.05, 0.1) is 16.7 Å². The van der Waals surface area contributed by atoms with Crippen molar-refractivity contribution in [2.45, 2.75) is 18.6 Å². The van der Waals surface area contributed by atoms with Gasteiger partial charge in [-0.2, -0.15) is 0 Å². The number of hydrogen-bond acceptors (Lipinski definition) is 5. The van der Waals surface area contributed by atoms with E-state index < -0.39 is 0 Å². The van der Waals surface area contributed by atoms with Gasteiger partial charge in [0.1, 0.15) is 0 Å². The Labute approximate surface area is 182 Å². The van der Waals surface area contributed by atoms with Crippen LogP contribution in [0.3, 0.4) is 0 Å². The fourth-order valence-electron chi connectivity index (χ4n) is 2.74. The zero-order valence-electron chi connectivity index (χ0n) is 16.1. The molecule has 0 radical (unpaired) electrons. The minimum atomic E-state index is -0.252. The van der Waals surface area contributed by atoms with Crippen molar-refractivity contribution in [1.82, 2.24) is 9.55 Å². The Morgan fingerprint density at radius 1 is 1.17 bits per heavy atom. The van der Waals surface area contributed by atoms with E-state index in [-0.39, 0.29) is 29.7 Å². The third-order valence-electron chi connectivity index (χ3n) is 4.02. The predicted molar refractivity (Wildman–Crippen MR) is 121 cm³/mol. The summed E-state index contributed by atoms with van der Waals surface area (Å²) in [7, 11) is 0. The maximum atomic E-state index is 12.8. The largest absolute Gasteiger partial charge is 0.326 e. The molecule has 30 heavy (non-hydrogen) atoms. The lowest BCUT2D eigenvalue weighted by Gasteiger charge is -2.12. The molecule has 0 atom stereocenters. The maximum absolute atomic E-state index is 12.8. The van der Waals surface area contributed by atoms with Crippen molar-refractivity contribution >= 4 is 57.5 Å². The van der Waals surface area contributed by atoms with Crippen LogP contribution in [0.25, 0.3) is 10.9 Å². The van der Waals surface area contributed by atoms with Crippen LogP contribution in [0.4, 0.5) is 11.4 Å². The summed E-state index contributed by atoms with van der Waals surface area (Å²) in [5.74, 6) is -0.362. The number of anilines is 2. The number of amides is 2. The summed E-state index contributed by atoms with van der Waals surface area (Å²) in [5.41, 5.74) is 1.50. The van der Waals surface area contributed by atoms with E-state index in [0.29, 0.717) is 32.5 Å². The van der Waals surface area contributed by atoms with Crippen molar-refractivity contribution < 1.29 is 9.59 Å². The van der Waals surface area contributed by atoms with Crippen molar-refractivity contribution in [1.29, 1.82) is 0 Å². The molecule has 0 fully saturated rings. The van der Waals surface area contributed by atoms with Gasteiger partial charge in [-0.3, -0.25) is 19.0 Å². The first kappa shape index (κ1) is 21.6. The topological polar surface area (TPSA) is 93.1 Å². The Kier molecular flexibility index (Phi) is 6.91. The molecule has 0 aliphatic heterocycles. The number of fused-ring (bicyclic) bond motifs is 1. The summed E-state index contributed by atoms with van der Waals surface area (Å²) in [4.78, 5) is 40.7. The molecule has 0 saturated carbocycles. The van der Waals surface area contributed by atoms with Crippen LogP contribution in [0.2, 0.25) is 5.02 Å². The number of thioether (sulfide) groups is 1. The minimum Gasteiger partial charge on any atom is -0.326 e. The summed E-state index contributed by atoms with van der Waals surface area (Å²) < 4.78 is 1.48. The summed E-state index contributed by atoms with van der Waals surface area (Å²) >= 11 is 7.17. The zero-order valence-corrected chi connectivity index (χ0v) is 17.7. The first-order valence-electron chi connectivity index (χ1n) is 8.98. The number of carbonyl (C=O) groups is 2. The van der Waals surface area contributed by atoms with Crippen LogP contribution in [0, 0.1) is 0 Å². The maximum Gasteiger partial charge on any atom is 0.262 e. The van der Waals surface area contributed by atoms with Crippen molar-refractivity contribution in [2.24, 2.45) is 0 Å². The molecular weight excluding hydrogens is 424 g/mol. The van der Waals surface area contributed by atoms with Crippen LogP contribution in [-0.2, 0) is 16.1 Å². The SMILES string of the molecule is C=CCn1c(SCC(=O)Nc2ccc(NC(C)=O)cc2)nc2cc(Cl)ccc2c1=O. The van der Waals surface area contributed by atoms with Crippen molar-refractivity contribution in [3.63, 3.8) is 0 Å². The van der Waals surface area contributed by atoms with Gasteiger partial charge in [-0.05, 0) is 42.5 Å². The van der Waals surface area contributed by atoms with Crippen LogP contribution in [-0.4, -0.2) is 27.1 Å². The number of halogens is 1. The molecule has 1 aromatic heterocycles. The molecule has 0 spiro atoms. The van der Waals surface area contributed by atoms with Gasteiger partial charge in [0, 0.05) is 29.9 Å². The predicted octanol–water partition coefficient (Wildman–Crippen LogP) is 3.93. The highest BCUT2D eigenvalue weighted by Gasteiger charge is 2.13. The Morgan fingerprint density at radius 2 is 1.83 bits per heavy atom. The molecule has 3 aromatic rings. The molecule has 154 valence electrons. The van der Waals surface area contributed by atoms with E-state index in [0.717, 1.165) is 11.8 Å². The van der Waals surface area contributed by atoms with E-state index in [1.165, 1.54) is 11.5 Å². The highest BCUT2D eigenvalue weighted by molar-refractivity contribution is 7.99. The van der Waals surface area contributed by atoms with Gasteiger partial charge in [0.2, 0.25) is 11.8 Å². The molecule has 0 saturated heterocycles. The fraction of sp³-hybridized carbons (Fsp3) is 0.143. The van der Waals surface area contributed by atoms with Crippen molar-refractivity contribution in [2.75, 3.05) is 16.4 Å². The number of benzene rings is 2. The van der Waals surface area contributed by atoms with E-state index in [4.69, 9.17) is 11.6 Å². The molecule has 0 aliphatic rings. The molecule has 2 aromatic carbocycles. The molecule has 0 aliphatic carbocycles. The van der Waals surface area contributed by atoms with Gasteiger partial charge in [0.25, 0.3) is 5.56 Å². The first-order valence-corrected chi connectivity index (χ1v) is 10.3. The second kappa shape index (κ2) is 9.60. The number of allylic oxidation sites excluding steroid dienone is 1. The van der Waals surface area contributed by atoms with Gasteiger partial charge in [-0.15, -0.1) is 6.58 Å². The third kappa shape index (κ3) is 5.28. The lowest BCUT2D eigenvalue weighted by atomic mass is 10.2. The van der Waals surface area contributed by atoms with Crippen LogP contribution < -0.4 is 16.2 Å². The molecule has 9 heteroatoms.